The molecule has 0 bridgehead atoms. The molecule has 0 N–H and O–H groups in total. The zero-order valence-corrected chi connectivity index (χ0v) is 8.17. The highest BCUT2D eigenvalue weighted by atomic mass is 16.5. The first-order valence-electron chi connectivity index (χ1n) is 4.51. The molecular weight excluding hydrogens is 188 g/mol. The molecule has 0 fully saturated rings. The van der Waals surface area contributed by atoms with Gasteiger partial charge in [0.2, 0.25) is 0 Å². The van der Waals surface area contributed by atoms with Gasteiger partial charge in [0, 0.05) is 0 Å². The lowest BCUT2D eigenvalue weighted by Gasteiger charge is -1.87. The Morgan fingerprint density at radius 1 is 1.00 bits per heavy atom. The summed E-state index contributed by atoms with van der Waals surface area (Å²) in [6.45, 7) is 1.30. The highest BCUT2D eigenvalue weighted by Crippen LogP contribution is 2.00. The number of ether oxygens (including phenoxy) is 1. The van der Waals surface area contributed by atoms with Crippen molar-refractivity contribution in [3.63, 3.8) is 0 Å². The second-order valence-electron chi connectivity index (χ2n) is 2.68. The minimum absolute atomic E-state index is 1.14. The van der Waals surface area contributed by atoms with E-state index in [0.717, 1.165) is 5.56 Å². The van der Waals surface area contributed by atoms with Crippen molar-refractivity contribution in [3.05, 3.63) is 66.5 Å². The van der Waals surface area contributed by atoms with Gasteiger partial charge >= 0.3 is 6.47 Å². The van der Waals surface area contributed by atoms with Crippen LogP contribution in [0.15, 0.2) is 60.9 Å². The lowest BCUT2D eigenvalue weighted by Crippen LogP contribution is -1.69. The van der Waals surface area contributed by atoms with Crippen LogP contribution in [0.4, 0.5) is 0 Å². The average Bonchev–Trinajstić information content (AvgIpc) is 2.29. The van der Waals surface area contributed by atoms with Crippen molar-refractivity contribution in [1.82, 2.24) is 0 Å². The van der Waals surface area contributed by atoms with Crippen molar-refractivity contribution >= 4 is 12.5 Å². The van der Waals surface area contributed by atoms with E-state index in [1.54, 1.807) is 12.2 Å². The van der Waals surface area contributed by atoms with Gasteiger partial charge in [-0.1, -0.05) is 54.6 Å². The molecule has 0 aliphatic heterocycles. The first-order chi connectivity index (χ1) is 7.43. The third-order valence-electron chi connectivity index (χ3n) is 1.62. The molecule has 0 saturated heterocycles. The van der Waals surface area contributed by atoms with Crippen LogP contribution in [0, 0.1) is 0 Å². The van der Waals surface area contributed by atoms with Gasteiger partial charge in [-0.3, -0.25) is 0 Å². The fourth-order valence-electron chi connectivity index (χ4n) is 0.972. The predicted molar refractivity (Wildman–Crippen MR) is 60.5 cm³/mol. The van der Waals surface area contributed by atoms with E-state index >= 15 is 0 Å². The van der Waals surface area contributed by atoms with Crippen molar-refractivity contribution in [2.24, 2.45) is 0 Å². The summed E-state index contributed by atoms with van der Waals surface area (Å²) in [4.78, 5) is 9.64. The minimum atomic E-state index is 1.14. The van der Waals surface area contributed by atoms with Gasteiger partial charge in [0.15, 0.2) is 0 Å². The first-order valence-corrected chi connectivity index (χ1v) is 4.51. The van der Waals surface area contributed by atoms with Gasteiger partial charge in [-0.2, -0.15) is 0 Å². The summed E-state index contributed by atoms with van der Waals surface area (Å²) in [6.07, 6.45) is 10.4. The monoisotopic (exact) mass is 199 g/mol. The van der Waals surface area contributed by atoms with Gasteiger partial charge < -0.3 is 4.74 Å². The van der Waals surface area contributed by atoms with Gasteiger partial charge in [-0.05, 0) is 11.6 Å². The van der Waals surface area contributed by atoms with E-state index in [4.69, 9.17) is 0 Å². The second kappa shape index (κ2) is 7.33. The summed E-state index contributed by atoms with van der Waals surface area (Å²) in [6, 6.07) is 9.98. The SMILES string of the molecule is O=[C]O/C=C/C=C/C=C/c1ccccc1. The Balaban J connectivity index is 2.37. The van der Waals surface area contributed by atoms with E-state index in [-0.39, 0.29) is 0 Å². The van der Waals surface area contributed by atoms with Crippen LogP contribution in [0.3, 0.4) is 0 Å². The molecular formula is C13H11O2. The van der Waals surface area contributed by atoms with Gasteiger partial charge in [-0.25, -0.2) is 4.79 Å². The lowest BCUT2D eigenvalue weighted by molar-refractivity contribution is 0.398. The summed E-state index contributed by atoms with van der Waals surface area (Å²) >= 11 is 0. The molecule has 1 rings (SSSR count). The normalized spacial score (nSPS) is 11.5. The molecule has 0 amide bonds. The highest BCUT2D eigenvalue weighted by molar-refractivity contribution is 5.50. The maximum Gasteiger partial charge on any atom is 0.422 e. The summed E-state index contributed by atoms with van der Waals surface area (Å²) in [5, 5.41) is 0. The second-order valence-corrected chi connectivity index (χ2v) is 2.68. The van der Waals surface area contributed by atoms with Crippen molar-refractivity contribution in [2.45, 2.75) is 0 Å². The molecule has 1 radical (unpaired) electrons. The number of benzene rings is 1. The molecule has 0 atom stereocenters. The van der Waals surface area contributed by atoms with Crippen LogP contribution in [-0.2, 0) is 9.53 Å². The van der Waals surface area contributed by atoms with Gasteiger partial charge in [0.1, 0.15) is 0 Å². The molecule has 75 valence electrons. The summed E-state index contributed by atoms with van der Waals surface area (Å²) in [7, 11) is 0. The zero-order valence-electron chi connectivity index (χ0n) is 8.17. The Hall–Kier alpha value is -2.09. The summed E-state index contributed by atoms with van der Waals surface area (Å²) < 4.78 is 4.24. The molecule has 1 aromatic rings. The zero-order chi connectivity index (χ0) is 10.8. The van der Waals surface area contributed by atoms with Gasteiger partial charge in [0.05, 0.1) is 6.26 Å². The molecule has 0 aromatic heterocycles. The number of hydrogen-bond donors (Lipinski definition) is 0. The van der Waals surface area contributed by atoms with Crippen LogP contribution in [0.5, 0.6) is 0 Å². The van der Waals surface area contributed by atoms with E-state index in [1.165, 1.54) is 12.7 Å². The molecule has 0 spiro atoms. The Morgan fingerprint density at radius 3 is 2.47 bits per heavy atom. The number of carbonyl (C=O) groups excluding carboxylic acids is 1. The molecule has 2 nitrogen and oxygen atoms in total. The fourth-order valence-corrected chi connectivity index (χ4v) is 0.972. The molecule has 0 heterocycles. The average molecular weight is 199 g/mol. The first kappa shape index (κ1) is 11.0. The maximum atomic E-state index is 9.64. The number of rotatable bonds is 5. The summed E-state index contributed by atoms with van der Waals surface area (Å²) in [5.41, 5.74) is 1.14. The van der Waals surface area contributed by atoms with Gasteiger partial charge in [0.25, 0.3) is 0 Å². The molecule has 0 aliphatic carbocycles. The largest absolute Gasteiger partial charge is 0.426 e. The Kier molecular flexibility index (Phi) is 5.37. The Labute approximate surface area is 89.2 Å². The van der Waals surface area contributed by atoms with Crippen LogP contribution in [-0.4, -0.2) is 6.47 Å². The molecule has 0 unspecified atom stereocenters. The van der Waals surface area contributed by atoms with Crippen LogP contribution < -0.4 is 0 Å². The third kappa shape index (κ3) is 5.26. The van der Waals surface area contributed by atoms with Crippen molar-refractivity contribution in [2.75, 3.05) is 0 Å². The van der Waals surface area contributed by atoms with Crippen LogP contribution >= 0.6 is 0 Å². The van der Waals surface area contributed by atoms with Crippen LogP contribution in [0.1, 0.15) is 5.56 Å². The van der Waals surface area contributed by atoms with Crippen molar-refractivity contribution < 1.29 is 9.53 Å². The van der Waals surface area contributed by atoms with E-state index in [2.05, 4.69) is 4.74 Å². The molecule has 1 aromatic carbocycles. The fraction of sp³-hybridized carbons (Fsp3) is 0. The van der Waals surface area contributed by atoms with Crippen molar-refractivity contribution in [3.8, 4) is 0 Å². The maximum absolute atomic E-state index is 9.64. The van der Waals surface area contributed by atoms with E-state index in [1.807, 2.05) is 48.6 Å². The van der Waals surface area contributed by atoms with Gasteiger partial charge in [-0.15, -0.1) is 0 Å². The predicted octanol–water partition coefficient (Wildman–Crippen LogP) is 2.85. The topological polar surface area (TPSA) is 26.3 Å². The smallest absolute Gasteiger partial charge is 0.422 e. The summed E-state index contributed by atoms with van der Waals surface area (Å²) in [5.74, 6) is 0. The highest BCUT2D eigenvalue weighted by Gasteiger charge is 1.79. The van der Waals surface area contributed by atoms with Crippen LogP contribution in [0.25, 0.3) is 6.08 Å². The van der Waals surface area contributed by atoms with Crippen molar-refractivity contribution in [1.29, 1.82) is 0 Å². The Morgan fingerprint density at radius 2 is 1.73 bits per heavy atom. The third-order valence-corrected chi connectivity index (χ3v) is 1.62. The Bertz CT molecular complexity index is 361. The van der Waals surface area contributed by atoms with E-state index in [0.29, 0.717) is 0 Å². The molecule has 2 heteroatoms. The molecule has 15 heavy (non-hydrogen) atoms. The molecule has 0 saturated carbocycles. The minimum Gasteiger partial charge on any atom is -0.426 e. The number of hydrogen-bond acceptors (Lipinski definition) is 2. The van der Waals surface area contributed by atoms with E-state index in [9.17, 15) is 4.79 Å². The number of allylic oxidation sites excluding steroid dienone is 4. The quantitative estimate of drug-likeness (QED) is 0.538. The molecule has 0 aliphatic rings. The lowest BCUT2D eigenvalue weighted by atomic mass is 10.2. The van der Waals surface area contributed by atoms with Crippen LogP contribution in [0.2, 0.25) is 0 Å². The standard InChI is InChI=1S/C13H11O2/c14-12-15-11-7-2-1-4-8-13-9-5-3-6-10-13/h1-11H/b2-1+,8-4+,11-7+. The van der Waals surface area contributed by atoms with E-state index < -0.39 is 0 Å².